The summed E-state index contributed by atoms with van der Waals surface area (Å²) in [6, 6.07) is 4.15. The second-order valence-electron chi connectivity index (χ2n) is 5.58. The molecule has 6 heteroatoms. The number of nitrogens with zero attached hydrogens (tertiary/aromatic N) is 1. The van der Waals surface area contributed by atoms with Crippen molar-refractivity contribution in [2.75, 3.05) is 18.0 Å². The van der Waals surface area contributed by atoms with Gasteiger partial charge in [-0.2, -0.15) is 13.2 Å². The molecule has 1 aliphatic heterocycles. The van der Waals surface area contributed by atoms with Gasteiger partial charge in [-0.1, -0.05) is 6.07 Å². The summed E-state index contributed by atoms with van der Waals surface area (Å²) < 4.78 is 39.5. The van der Waals surface area contributed by atoms with Crippen LogP contribution in [-0.4, -0.2) is 23.8 Å². The Balaban J connectivity index is 2.40. The number of nitrogens with two attached hydrogens (primary N) is 1. The van der Waals surface area contributed by atoms with Crippen LogP contribution in [0.1, 0.15) is 30.9 Å². The van der Waals surface area contributed by atoms with Crippen molar-refractivity contribution in [3.63, 3.8) is 0 Å². The van der Waals surface area contributed by atoms with E-state index in [0.29, 0.717) is 24.9 Å². The van der Waals surface area contributed by atoms with Crippen LogP contribution in [0, 0.1) is 0 Å². The number of alkyl halides is 3. The van der Waals surface area contributed by atoms with E-state index in [1.54, 1.807) is 17.9 Å². The Labute approximate surface area is 116 Å². The summed E-state index contributed by atoms with van der Waals surface area (Å²) in [5.41, 5.74) is 4.35. The minimum absolute atomic E-state index is 0.0705. The molecular formula is C14H19F3N2O. The molecular weight excluding hydrogens is 269 g/mol. The second kappa shape index (κ2) is 5.26. The van der Waals surface area contributed by atoms with Crippen molar-refractivity contribution in [2.45, 2.75) is 38.1 Å². The summed E-state index contributed by atoms with van der Waals surface area (Å²) in [5.74, 6) is 0. The molecule has 1 atom stereocenters. The molecule has 0 amide bonds. The fourth-order valence-electron chi connectivity index (χ4n) is 2.64. The summed E-state index contributed by atoms with van der Waals surface area (Å²) in [7, 11) is 0. The van der Waals surface area contributed by atoms with E-state index in [4.69, 9.17) is 5.73 Å². The van der Waals surface area contributed by atoms with Gasteiger partial charge in [0.05, 0.1) is 11.2 Å². The monoisotopic (exact) mass is 288 g/mol. The molecule has 1 heterocycles. The zero-order valence-electron chi connectivity index (χ0n) is 11.4. The van der Waals surface area contributed by atoms with Gasteiger partial charge in [0.1, 0.15) is 0 Å². The summed E-state index contributed by atoms with van der Waals surface area (Å²) in [4.78, 5) is 1.60. The predicted molar refractivity (Wildman–Crippen MR) is 71.4 cm³/mol. The molecule has 0 spiro atoms. The van der Waals surface area contributed by atoms with Crippen molar-refractivity contribution in [2.24, 2.45) is 5.73 Å². The summed E-state index contributed by atoms with van der Waals surface area (Å²) in [6.45, 7) is 2.45. The predicted octanol–water partition coefficient (Wildman–Crippen LogP) is 2.52. The lowest BCUT2D eigenvalue weighted by Gasteiger charge is -2.39. The van der Waals surface area contributed by atoms with Crippen LogP contribution in [0.4, 0.5) is 18.9 Å². The third kappa shape index (κ3) is 3.24. The highest BCUT2D eigenvalue weighted by Crippen LogP contribution is 2.39. The molecule has 20 heavy (non-hydrogen) atoms. The molecule has 2 rings (SSSR count). The first-order valence-electron chi connectivity index (χ1n) is 6.60. The van der Waals surface area contributed by atoms with Crippen LogP contribution >= 0.6 is 0 Å². The lowest BCUT2D eigenvalue weighted by molar-refractivity contribution is -0.137. The number of β-amino-alcohol motifs (C(OH)–C–C–N with tert-alkyl or cyclic N) is 1. The lowest BCUT2D eigenvalue weighted by Crippen LogP contribution is -2.46. The molecule has 3 nitrogen and oxygen atoms in total. The van der Waals surface area contributed by atoms with E-state index >= 15 is 0 Å². The van der Waals surface area contributed by atoms with E-state index in [9.17, 15) is 18.3 Å². The largest absolute Gasteiger partial charge is 0.418 e. The van der Waals surface area contributed by atoms with Crippen molar-refractivity contribution >= 4 is 5.69 Å². The average molecular weight is 288 g/mol. The van der Waals surface area contributed by atoms with Crippen molar-refractivity contribution in [1.29, 1.82) is 0 Å². The van der Waals surface area contributed by atoms with Gasteiger partial charge >= 0.3 is 6.18 Å². The van der Waals surface area contributed by atoms with Gasteiger partial charge < -0.3 is 15.7 Å². The summed E-state index contributed by atoms with van der Waals surface area (Å²) in [6.07, 6.45) is -3.15. The summed E-state index contributed by atoms with van der Waals surface area (Å²) >= 11 is 0. The molecule has 1 aromatic carbocycles. The van der Waals surface area contributed by atoms with E-state index in [0.717, 1.165) is 6.07 Å². The van der Waals surface area contributed by atoms with E-state index in [1.807, 2.05) is 0 Å². The second-order valence-corrected chi connectivity index (χ2v) is 5.58. The normalized spacial score (nSPS) is 24.0. The van der Waals surface area contributed by atoms with Crippen LogP contribution in [0.15, 0.2) is 18.2 Å². The van der Waals surface area contributed by atoms with Crippen molar-refractivity contribution < 1.29 is 18.3 Å². The quantitative estimate of drug-likeness (QED) is 0.879. The Kier molecular flexibility index (Phi) is 3.97. The fraction of sp³-hybridized carbons (Fsp3) is 0.571. The van der Waals surface area contributed by atoms with Gasteiger partial charge in [-0.3, -0.25) is 0 Å². The Morgan fingerprint density at radius 3 is 2.65 bits per heavy atom. The van der Waals surface area contributed by atoms with Crippen molar-refractivity contribution in [3.8, 4) is 0 Å². The minimum Gasteiger partial charge on any atom is -0.388 e. The summed E-state index contributed by atoms with van der Waals surface area (Å²) in [5, 5.41) is 10.1. The lowest BCUT2D eigenvalue weighted by atomic mass is 9.94. The molecule has 1 unspecified atom stereocenters. The number of hydrogen-bond donors (Lipinski definition) is 2. The first-order valence-corrected chi connectivity index (χ1v) is 6.60. The number of hydrogen-bond acceptors (Lipinski definition) is 3. The minimum atomic E-state index is -4.43. The molecule has 112 valence electrons. The maximum atomic E-state index is 13.2. The van der Waals surface area contributed by atoms with Gasteiger partial charge in [-0.25, -0.2) is 0 Å². The highest BCUT2D eigenvalue weighted by Gasteiger charge is 2.37. The van der Waals surface area contributed by atoms with Gasteiger partial charge in [0, 0.05) is 25.3 Å². The molecule has 1 aromatic rings. The first kappa shape index (κ1) is 15.1. The average Bonchev–Trinajstić information content (AvgIpc) is 2.35. The number of anilines is 1. The van der Waals surface area contributed by atoms with Crippen LogP contribution in [0.2, 0.25) is 0 Å². The maximum absolute atomic E-state index is 13.2. The molecule has 0 bridgehead atoms. The fourth-order valence-corrected chi connectivity index (χ4v) is 2.64. The number of aliphatic hydroxyl groups is 1. The van der Waals surface area contributed by atoms with Crippen LogP contribution in [-0.2, 0) is 12.7 Å². The third-order valence-corrected chi connectivity index (χ3v) is 3.62. The van der Waals surface area contributed by atoms with Crippen molar-refractivity contribution in [3.05, 3.63) is 29.3 Å². The SMILES string of the molecule is CC1(O)CCCN(c2ccc(CN)cc2C(F)(F)F)C1. The van der Waals surface area contributed by atoms with Gasteiger partial charge in [-0.05, 0) is 37.5 Å². The van der Waals surface area contributed by atoms with E-state index in [2.05, 4.69) is 0 Å². The molecule has 0 saturated carbocycles. The third-order valence-electron chi connectivity index (χ3n) is 3.62. The highest BCUT2D eigenvalue weighted by molar-refractivity contribution is 5.57. The van der Waals surface area contributed by atoms with Gasteiger partial charge in [0.25, 0.3) is 0 Å². The molecule has 0 aliphatic carbocycles. The van der Waals surface area contributed by atoms with E-state index in [1.165, 1.54) is 6.07 Å². The molecule has 0 aromatic heterocycles. The van der Waals surface area contributed by atoms with Crippen LogP contribution in [0.5, 0.6) is 0 Å². The van der Waals surface area contributed by atoms with Crippen LogP contribution in [0.3, 0.4) is 0 Å². The zero-order valence-corrected chi connectivity index (χ0v) is 11.4. The smallest absolute Gasteiger partial charge is 0.388 e. The molecule has 1 saturated heterocycles. The molecule has 1 fully saturated rings. The first-order chi connectivity index (χ1) is 9.23. The molecule has 1 aliphatic rings. The van der Waals surface area contributed by atoms with E-state index in [-0.39, 0.29) is 18.8 Å². The highest BCUT2D eigenvalue weighted by atomic mass is 19.4. The number of halogens is 3. The zero-order chi connectivity index (χ0) is 15.0. The number of benzene rings is 1. The van der Waals surface area contributed by atoms with Crippen LogP contribution in [0.25, 0.3) is 0 Å². The van der Waals surface area contributed by atoms with Gasteiger partial charge in [0.15, 0.2) is 0 Å². The van der Waals surface area contributed by atoms with Gasteiger partial charge in [-0.15, -0.1) is 0 Å². The van der Waals surface area contributed by atoms with Gasteiger partial charge in [0.2, 0.25) is 0 Å². The van der Waals surface area contributed by atoms with Crippen molar-refractivity contribution in [1.82, 2.24) is 0 Å². The Hall–Kier alpha value is -1.27. The molecule has 0 radical (unpaired) electrons. The Morgan fingerprint density at radius 1 is 1.40 bits per heavy atom. The molecule has 3 N–H and O–H groups in total. The van der Waals surface area contributed by atoms with Crippen LogP contribution < -0.4 is 10.6 Å². The Morgan fingerprint density at radius 2 is 2.10 bits per heavy atom. The Bertz CT molecular complexity index is 486. The number of rotatable bonds is 2. The maximum Gasteiger partial charge on any atom is 0.418 e. The standard InChI is InChI=1S/C14H19F3N2O/c1-13(20)5-2-6-19(9-13)12-4-3-10(8-18)7-11(12)14(15,16)17/h3-4,7,20H,2,5-6,8-9,18H2,1H3. The topological polar surface area (TPSA) is 49.5 Å². The van der Waals surface area contributed by atoms with E-state index < -0.39 is 17.3 Å². The number of piperidine rings is 1.